The fraction of sp³-hybridized carbons (Fsp3) is 0.167. The molecule has 0 aliphatic carbocycles. The molecule has 6 heteroatoms. The van der Waals surface area contributed by atoms with Crippen molar-refractivity contribution >= 4 is 6.29 Å². The largest absolute Gasteiger partial charge is 0.416 e. The SMILES string of the molecule is Cn1cc(-c2ccc(C(F)(F)F)cc2)c(C=O)n1. The van der Waals surface area contributed by atoms with E-state index in [0.29, 0.717) is 17.4 Å². The number of nitrogens with zero attached hydrogens (tertiary/aromatic N) is 2. The number of carbonyl (C=O) groups is 1. The molecular weight excluding hydrogens is 245 g/mol. The van der Waals surface area contributed by atoms with E-state index in [1.165, 1.54) is 16.8 Å². The lowest BCUT2D eigenvalue weighted by molar-refractivity contribution is -0.137. The molecule has 0 bridgehead atoms. The van der Waals surface area contributed by atoms with Crippen LogP contribution in [0.2, 0.25) is 0 Å². The van der Waals surface area contributed by atoms with Gasteiger partial charge in [-0.3, -0.25) is 9.48 Å². The highest BCUT2D eigenvalue weighted by Gasteiger charge is 2.30. The Bertz CT molecular complexity index is 570. The zero-order chi connectivity index (χ0) is 13.3. The predicted octanol–water partition coefficient (Wildman–Crippen LogP) is 2.92. The van der Waals surface area contributed by atoms with Gasteiger partial charge >= 0.3 is 6.18 Å². The molecule has 1 aromatic carbocycles. The molecule has 0 N–H and O–H groups in total. The number of halogens is 3. The van der Waals surface area contributed by atoms with E-state index in [1.54, 1.807) is 13.2 Å². The van der Waals surface area contributed by atoms with Gasteiger partial charge in [0.15, 0.2) is 6.29 Å². The highest BCUT2D eigenvalue weighted by atomic mass is 19.4. The first kappa shape index (κ1) is 12.3. The van der Waals surface area contributed by atoms with E-state index in [0.717, 1.165) is 12.1 Å². The number of aryl methyl sites for hydroxylation is 1. The standard InChI is InChI=1S/C12H9F3N2O/c1-17-6-10(11(7-18)16-17)8-2-4-9(5-3-8)12(13,14)15/h2-7H,1H3. The van der Waals surface area contributed by atoms with E-state index in [9.17, 15) is 18.0 Å². The number of rotatable bonds is 2. The molecule has 0 unspecified atom stereocenters. The van der Waals surface area contributed by atoms with Gasteiger partial charge in [-0.05, 0) is 17.7 Å². The number of alkyl halides is 3. The summed E-state index contributed by atoms with van der Waals surface area (Å²) < 4.78 is 38.6. The van der Waals surface area contributed by atoms with Gasteiger partial charge < -0.3 is 0 Å². The van der Waals surface area contributed by atoms with Crippen molar-refractivity contribution in [3.63, 3.8) is 0 Å². The fourth-order valence-corrected chi connectivity index (χ4v) is 1.65. The van der Waals surface area contributed by atoms with E-state index in [-0.39, 0.29) is 5.69 Å². The van der Waals surface area contributed by atoms with Crippen molar-refractivity contribution in [1.82, 2.24) is 9.78 Å². The molecule has 2 aromatic rings. The number of benzene rings is 1. The van der Waals surface area contributed by atoms with Crippen LogP contribution in [-0.2, 0) is 13.2 Å². The maximum absolute atomic E-state index is 12.4. The van der Waals surface area contributed by atoms with Crippen molar-refractivity contribution in [2.24, 2.45) is 7.05 Å². The summed E-state index contributed by atoms with van der Waals surface area (Å²) in [7, 11) is 1.64. The molecule has 0 aliphatic heterocycles. The van der Waals surface area contributed by atoms with Crippen LogP contribution in [0.4, 0.5) is 13.2 Å². The van der Waals surface area contributed by atoms with E-state index in [1.807, 2.05) is 0 Å². The maximum atomic E-state index is 12.4. The summed E-state index contributed by atoms with van der Waals surface area (Å²) in [6, 6.07) is 4.62. The highest BCUT2D eigenvalue weighted by molar-refractivity contribution is 5.84. The molecule has 0 fully saturated rings. The Morgan fingerprint density at radius 2 is 1.83 bits per heavy atom. The summed E-state index contributed by atoms with van der Waals surface area (Å²) in [5.41, 5.74) is 0.527. The zero-order valence-electron chi connectivity index (χ0n) is 9.40. The van der Waals surface area contributed by atoms with Crippen molar-refractivity contribution in [3.8, 4) is 11.1 Å². The topological polar surface area (TPSA) is 34.9 Å². The summed E-state index contributed by atoms with van der Waals surface area (Å²) in [4.78, 5) is 10.8. The molecule has 1 heterocycles. The van der Waals surface area contributed by atoms with Gasteiger partial charge in [0.05, 0.1) is 5.56 Å². The first-order chi connectivity index (χ1) is 8.41. The number of aromatic nitrogens is 2. The molecule has 94 valence electrons. The van der Waals surface area contributed by atoms with Crippen molar-refractivity contribution in [2.45, 2.75) is 6.18 Å². The molecule has 0 radical (unpaired) electrons. The summed E-state index contributed by atoms with van der Waals surface area (Å²) >= 11 is 0. The Morgan fingerprint density at radius 3 is 2.33 bits per heavy atom. The summed E-state index contributed by atoms with van der Waals surface area (Å²) in [6.45, 7) is 0. The number of aldehydes is 1. The van der Waals surface area contributed by atoms with Crippen LogP contribution in [0.25, 0.3) is 11.1 Å². The van der Waals surface area contributed by atoms with Gasteiger partial charge in [-0.2, -0.15) is 18.3 Å². The molecule has 18 heavy (non-hydrogen) atoms. The third kappa shape index (κ3) is 2.27. The summed E-state index contributed by atoms with van der Waals surface area (Å²) in [5, 5.41) is 3.90. The normalized spacial score (nSPS) is 11.6. The van der Waals surface area contributed by atoms with E-state index >= 15 is 0 Å². The Balaban J connectivity index is 2.43. The van der Waals surface area contributed by atoms with Gasteiger partial charge in [0.2, 0.25) is 0 Å². The maximum Gasteiger partial charge on any atom is 0.416 e. The van der Waals surface area contributed by atoms with E-state index in [2.05, 4.69) is 5.10 Å². The van der Waals surface area contributed by atoms with Gasteiger partial charge in [0, 0.05) is 18.8 Å². The number of hydrogen-bond acceptors (Lipinski definition) is 2. The van der Waals surface area contributed by atoms with Crippen LogP contribution in [-0.4, -0.2) is 16.1 Å². The summed E-state index contributed by atoms with van der Waals surface area (Å²) in [6.07, 6.45) is -2.19. The molecule has 1 aromatic heterocycles. The van der Waals surface area contributed by atoms with Crippen LogP contribution in [0.15, 0.2) is 30.5 Å². The Labute approximate surface area is 101 Å². The van der Waals surface area contributed by atoms with Crippen LogP contribution < -0.4 is 0 Å². The first-order valence-electron chi connectivity index (χ1n) is 5.08. The second-order valence-corrected chi connectivity index (χ2v) is 3.79. The molecule has 2 rings (SSSR count). The van der Waals surface area contributed by atoms with Crippen molar-refractivity contribution in [1.29, 1.82) is 0 Å². The van der Waals surface area contributed by atoms with E-state index in [4.69, 9.17) is 0 Å². The van der Waals surface area contributed by atoms with Gasteiger partial charge in [0.1, 0.15) is 5.69 Å². The summed E-state index contributed by atoms with van der Waals surface area (Å²) in [5.74, 6) is 0. The third-order valence-electron chi connectivity index (χ3n) is 2.49. The molecule has 3 nitrogen and oxygen atoms in total. The minimum Gasteiger partial charge on any atom is -0.296 e. The van der Waals surface area contributed by atoms with Crippen molar-refractivity contribution < 1.29 is 18.0 Å². The smallest absolute Gasteiger partial charge is 0.296 e. The highest BCUT2D eigenvalue weighted by Crippen LogP contribution is 2.31. The lowest BCUT2D eigenvalue weighted by atomic mass is 10.0. The van der Waals surface area contributed by atoms with Gasteiger partial charge in [-0.15, -0.1) is 0 Å². The average Bonchev–Trinajstić information content (AvgIpc) is 2.69. The molecular formula is C12H9F3N2O. The monoisotopic (exact) mass is 254 g/mol. The minimum atomic E-state index is -4.36. The van der Waals surface area contributed by atoms with Crippen molar-refractivity contribution in [3.05, 3.63) is 41.7 Å². The fourth-order valence-electron chi connectivity index (χ4n) is 1.65. The lowest BCUT2D eigenvalue weighted by Gasteiger charge is -2.06. The Morgan fingerprint density at radius 1 is 1.22 bits per heavy atom. The predicted molar refractivity (Wildman–Crippen MR) is 59.0 cm³/mol. The van der Waals surface area contributed by atoms with Gasteiger partial charge in [-0.1, -0.05) is 12.1 Å². The Kier molecular flexibility index (Phi) is 2.94. The van der Waals surface area contributed by atoms with Gasteiger partial charge in [-0.25, -0.2) is 0 Å². The quantitative estimate of drug-likeness (QED) is 0.772. The number of carbonyl (C=O) groups excluding carboxylic acids is 1. The van der Waals surface area contributed by atoms with Crippen LogP contribution in [0, 0.1) is 0 Å². The zero-order valence-corrected chi connectivity index (χ0v) is 9.40. The number of hydrogen-bond donors (Lipinski definition) is 0. The van der Waals surface area contributed by atoms with Crippen LogP contribution in [0.5, 0.6) is 0 Å². The lowest BCUT2D eigenvalue weighted by Crippen LogP contribution is -2.04. The third-order valence-corrected chi connectivity index (χ3v) is 2.49. The molecule has 0 spiro atoms. The molecule has 0 amide bonds. The molecule has 0 saturated heterocycles. The van der Waals surface area contributed by atoms with Crippen LogP contribution in [0.3, 0.4) is 0 Å². The van der Waals surface area contributed by atoms with Crippen LogP contribution >= 0.6 is 0 Å². The second-order valence-electron chi connectivity index (χ2n) is 3.79. The molecule has 0 aliphatic rings. The molecule has 0 atom stereocenters. The van der Waals surface area contributed by atoms with Gasteiger partial charge in [0.25, 0.3) is 0 Å². The average molecular weight is 254 g/mol. The van der Waals surface area contributed by atoms with E-state index < -0.39 is 11.7 Å². The first-order valence-corrected chi connectivity index (χ1v) is 5.08. The van der Waals surface area contributed by atoms with Crippen molar-refractivity contribution in [2.75, 3.05) is 0 Å². The van der Waals surface area contributed by atoms with Crippen LogP contribution in [0.1, 0.15) is 16.1 Å². The molecule has 0 saturated carbocycles. The second kappa shape index (κ2) is 4.29. The minimum absolute atomic E-state index is 0.206. The Hall–Kier alpha value is -2.11.